The van der Waals surface area contributed by atoms with E-state index in [-0.39, 0.29) is 25.7 Å². The molecule has 0 fully saturated rings. The van der Waals surface area contributed by atoms with E-state index in [9.17, 15) is 18.9 Å². The van der Waals surface area contributed by atoms with Crippen LogP contribution in [-0.2, 0) is 34.5 Å². The van der Waals surface area contributed by atoms with E-state index in [0.29, 0.717) is 0 Å². The van der Waals surface area contributed by atoms with Crippen molar-refractivity contribution >= 4 is 25.4 Å². The lowest BCUT2D eigenvalue weighted by Gasteiger charge is -2.34. The van der Waals surface area contributed by atoms with Crippen LogP contribution < -0.4 is 5.32 Å². The Morgan fingerprint density at radius 3 is 2.13 bits per heavy atom. The fraction of sp³-hybridized carbons (Fsp3) is 0.550. The lowest BCUT2D eigenvalue weighted by Crippen LogP contribution is -2.53. The van der Waals surface area contributed by atoms with Crippen LogP contribution in [0.25, 0.3) is 0 Å². The van der Waals surface area contributed by atoms with Crippen molar-refractivity contribution in [3.63, 3.8) is 0 Å². The van der Waals surface area contributed by atoms with Gasteiger partial charge in [-0.05, 0) is 25.3 Å². The van der Waals surface area contributed by atoms with Gasteiger partial charge in [0.1, 0.15) is 18.7 Å². The minimum absolute atomic E-state index is 0.0846. The summed E-state index contributed by atoms with van der Waals surface area (Å²) in [6.45, 7) is 6.53. The van der Waals surface area contributed by atoms with Crippen LogP contribution in [0, 0.1) is 5.92 Å². The molecule has 0 aromatic heterocycles. The Morgan fingerprint density at radius 1 is 1.10 bits per heavy atom. The SMILES string of the molecule is CCOP(=O)(CC(=O)N(Cc1ccccc1)C(C(=O)NCC(=O)O)C(C)C)OCC. The van der Waals surface area contributed by atoms with Gasteiger partial charge in [0.2, 0.25) is 11.8 Å². The van der Waals surface area contributed by atoms with E-state index in [1.54, 1.807) is 52.0 Å². The van der Waals surface area contributed by atoms with E-state index >= 15 is 0 Å². The van der Waals surface area contributed by atoms with E-state index in [1.165, 1.54) is 4.90 Å². The van der Waals surface area contributed by atoms with Gasteiger partial charge in [0, 0.05) is 6.54 Å². The molecular weight excluding hydrogens is 411 g/mol. The number of amides is 2. The number of nitrogens with zero attached hydrogens (tertiary/aromatic N) is 1. The van der Waals surface area contributed by atoms with Crippen LogP contribution in [0.15, 0.2) is 30.3 Å². The molecule has 1 aromatic carbocycles. The van der Waals surface area contributed by atoms with E-state index in [2.05, 4.69) is 5.32 Å². The summed E-state index contributed by atoms with van der Waals surface area (Å²) < 4.78 is 23.3. The molecule has 0 aliphatic heterocycles. The summed E-state index contributed by atoms with van der Waals surface area (Å²) in [4.78, 5) is 38.1. The number of hydrogen-bond donors (Lipinski definition) is 2. The van der Waals surface area contributed by atoms with E-state index in [0.717, 1.165) is 5.56 Å². The van der Waals surface area contributed by atoms with Gasteiger partial charge < -0.3 is 24.4 Å². The van der Waals surface area contributed by atoms with E-state index in [4.69, 9.17) is 14.2 Å². The van der Waals surface area contributed by atoms with Crippen molar-refractivity contribution in [3.8, 4) is 0 Å². The molecule has 1 atom stereocenters. The summed E-state index contributed by atoms with van der Waals surface area (Å²) in [6, 6.07) is 8.08. The quantitative estimate of drug-likeness (QED) is 0.450. The van der Waals surface area contributed by atoms with E-state index < -0.39 is 44.1 Å². The van der Waals surface area contributed by atoms with Crippen molar-refractivity contribution in [1.29, 1.82) is 0 Å². The normalized spacial score (nSPS) is 12.4. The van der Waals surface area contributed by atoms with Crippen LogP contribution in [0.4, 0.5) is 0 Å². The Hall–Kier alpha value is -2.22. The van der Waals surface area contributed by atoms with Gasteiger partial charge in [-0.1, -0.05) is 44.2 Å². The van der Waals surface area contributed by atoms with Gasteiger partial charge in [0.15, 0.2) is 0 Å². The Bertz CT molecular complexity index is 745. The van der Waals surface area contributed by atoms with Crippen LogP contribution in [-0.4, -0.2) is 59.8 Å². The lowest BCUT2D eigenvalue weighted by molar-refractivity contribution is -0.143. The monoisotopic (exact) mass is 442 g/mol. The second-order valence-corrected chi connectivity index (χ2v) is 8.97. The predicted octanol–water partition coefficient (Wildman–Crippen LogP) is 2.51. The molecule has 0 bridgehead atoms. The highest BCUT2D eigenvalue weighted by Crippen LogP contribution is 2.48. The highest BCUT2D eigenvalue weighted by Gasteiger charge is 2.37. The molecule has 1 unspecified atom stereocenters. The number of carbonyl (C=O) groups excluding carboxylic acids is 2. The Morgan fingerprint density at radius 2 is 1.67 bits per heavy atom. The van der Waals surface area contributed by atoms with Crippen LogP contribution in [0.1, 0.15) is 33.3 Å². The third-order valence-corrected chi connectivity index (χ3v) is 6.11. The molecule has 9 nitrogen and oxygen atoms in total. The number of nitrogens with one attached hydrogen (secondary N) is 1. The predicted molar refractivity (Wildman–Crippen MR) is 112 cm³/mol. The van der Waals surface area contributed by atoms with Crippen LogP contribution in [0.5, 0.6) is 0 Å². The molecule has 10 heteroatoms. The summed E-state index contributed by atoms with van der Waals surface area (Å²) >= 11 is 0. The molecule has 1 rings (SSSR count). The van der Waals surface area contributed by atoms with Gasteiger partial charge in [-0.25, -0.2) is 0 Å². The van der Waals surface area contributed by atoms with Gasteiger partial charge in [-0.3, -0.25) is 18.9 Å². The molecule has 0 saturated carbocycles. The topological polar surface area (TPSA) is 122 Å². The number of rotatable bonds is 13. The maximum Gasteiger partial charge on any atom is 0.340 e. The summed E-state index contributed by atoms with van der Waals surface area (Å²) in [5.74, 6) is -2.69. The maximum absolute atomic E-state index is 13.2. The molecule has 0 aliphatic rings. The molecule has 1 aromatic rings. The average Bonchev–Trinajstić information content (AvgIpc) is 2.66. The highest BCUT2D eigenvalue weighted by atomic mass is 31.2. The standard InChI is InChI=1S/C20H31N2O7P/c1-5-28-30(27,29-6-2)14-17(23)22(13-16-10-8-7-9-11-16)19(15(3)4)20(26)21-12-18(24)25/h7-11,15,19H,5-6,12-14H2,1-4H3,(H,21,26)(H,24,25). The molecule has 30 heavy (non-hydrogen) atoms. The summed E-state index contributed by atoms with van der Waals surface area (Å²) in [5.41, 5.74) is 0.769. The van der Waals surface area contributed by atoms with Gasteiger partial charge in [0.05, 0.1) is 13.2 Å². The van der Waals surface area contributed by atoms with Crippen molar-refractivity contribution in [1.82, 2.24) is 10.2 Å². The van der Waals surface area contributed by atoms with Crippen molar-refractivity contribution in [2.45, 2.75) is 40.3 Å². The van der Waals surface area contributed by atoms with Crippen molar-refractivity contribution in [2.75, 3.05) is 25.9 Å². The number of carbonyl (C=O) groups is 3. The van der Waals surface area contributed by atoms with Gasteiger partial charge >= 0.3 is 13.6 Å². The van der Waals surface area contributed by atoms with Crippen LogP contribution in [0.2, 0.25) is 0 Å². The largest absolute Gasteiger partial charge is 0.480 e. The van der Waals surface area contributed by atoms with Gasteiger partial charge in [-0.15, -0.1) is 0 Å². The van der Waals surface area contributed by atoms with E-state index in [1.807, 2.05) is 6.07 Å². The first-order chi connectivity index (χ1) is 14.1. The smallest absolute Gasteiger partial charge is 0.340 e. The maximum atomic E-state index is 13.2. The molecule has 0 spiro atoms. The first kappa shape index (κ1) is 25.8. The molecule has 0 saturated heterocycles. The van der Waals surface area contributed by atoms with Gasteiger partial charge in [-0.2, -0.15) is 0 Å². The molecule has 0 aliphatic carbocycles. The lowest BCUT2D eigenvalue weighted by atomic mass is 10.0. The summed E-state index contributed by atoms with van der Waals surface area (Å²) in [5, 5.41) is 11.2. The Labute approximate surface area is 177 Å². The molecule has 0 radical (unpaired) electrons. The van der Waals surface area contributed by atoms with Crippen LogP contribution >= 0.6 is 7.60 Å². The molecular formula is C20H31N2O7P. The van der Waals surface area contributed by atoms with Crippen LogP contribution in [0.3, 0.4) is 0 Å². The Kier molecular flexibility index (Phi) is 10.7. The number of benzene rings is 1. The highest BCUT2D eigenvalue weighted by molar-refractivity contribution is 7.54. The van der Waals surface area contributed by atoms with Crippen molar-refractivity contribution in [2.24, 2.45) is 5.92 Å². The number of carboxylic acids is 1. The molecule has 2 amide bonds. The first-order valence-corrected chi connectivity index (χ1v) is 11.6. The fourth-order valence-corrected chi connectivity index (χ4v) is 4.53. The molecule has 168 valence electrons. The first-order valence-electron chi connectivity index (χ1n) is 9.84. The Balaban J connectivity index is 3.23. The fourth-order valence-electron chi connectivity index (χ4n) is 2.97. The second kappa shape index (κ2) is 12.5. The number of aliphatic carboxylic acids is 1. The van der Waals surface area contributed by atoms with Crippen molar-refractivity contribution in [3.05, 3.63) is 35.9 Å². The average molecular weight is 442 g/mol. The minimum atomic E-state index is -3.68. The third kappa shape index (κ3) is 8.26. The molecule has 2 N–H and O–H groups in total. The zero-order chi connectivity index (χ0) is 22.7. The molecule has 0 heterocycles. The summed E-state index contributed by atoms with van der Waals surface area (Å²) in [7, 11) is -3.68. The van der Waals surface area contributed by atoms with Crippen molar-refractivity contribution < 1.29 is 33.1 Å². The minimum Gasteiger partial charge on any atom is -0.480 e. The summed E-state index contributed by atoms with van der Waals surface area (Å²) in [6.07, 6.45) is -0.517. The number of carboxylic acid groups (broad SMARTS) is 1. The second-order valence-electron chi connectivity index (χ2n) is 6.91. The van der Waals surface area contributed by atoms with Gasteiger partial charge in [0.25, 0.3) is 0 Å². The number of hydrogen-bond acceptors (Lipinski definition) is 6. The zero-order valence-corrected chi connectivity index (χ0v) is 18.8. The third-order valence-electron chi connectivity index (χ3n) is 4.15. The zero-order valence-electron chi connectivity index (χ0n) is 17.9.